The highest BCUT2D eigenvalue weighted by Crippen LogP contribution is 2.08. The van der Waals surface area contributed by atoms with Crippen molar-refractivity contribution in [3.8, 4) is 0 Å². The highest BCUT2D eigenvalue weighted by molar-refractivity contribution is 5.74. The zero-order valence-corrected chi connectivity index (χ0v) is 12.6. The van der Waals surface area contributed by atoms with E-state index < -0.39 is 5.97 Å². The molecule has 0 aromatic rings. The predicted molar refractivity (Wildman–Crippen MR) is 77.8 cm³/mol. The fourth-order valence-electron chi connectivity index (χ4n) is 2.49. The van der Waals surface area contributed by atoms with Gasteiger partial charge in [-0.05, 0) is 26.8 Å². The van der Waals surface area contributed by atoms with E-state index in [2.05, 4.69) is 24.2 Å². The average molecular weight is 285 g/mol. The summed E-state index contributed by atoms with van der Waals surface area (Å²) in [5.41, 5.74) is 0. The molecule has 0 bridgehead atoms. The van der Waals surface area contributed by atoms with Crippen LogP contribution in [0, 0.1) is 0 Å². The van der Waals surface area contributed by atoms with E-state index in [0.717, 1.165) is 45.3 Å². The second-order valence-electron chi connectivity index (χ2n) is 5.59. The summed E-state index contributed by atoms with van der Waals surface area (Å²) in [5.74, 6) is -0.734. The maximum atomic E-state index is 12.0. The Balaban J connectivity index is 2.06. The Bertz CT molecular complexity index is 323. The number of carboxylic acid groups (broad SMARTS) is 1. The first-order chi connectivity index (χ1) is 9.50. The van der Waals surface area contributed by atoms with E-state index in [1.807, 2.05) is 4.90 Å². The van der Waals surface area contributed by atoms with Gasteiger partial charge in [-0.15, -0.1) is 0 Å². The van der Waals surface area contributed by atoms with Crippen LogP contribution in [0.5, 0.6) is 0 Å². The van der Waals surface area contributed by atoms with Gasteiger partial charge in [0.1, 0.15) is 0 Å². The number of carbonyl (C=O) groups is 2. The number of aliphatic carboxylic acids is 1. The highest BCUT2D eigenvalue weighted by Gasteiger charge is 2.25. The molecule has 0 saturated carbocycles. The molecule has 0 aliphatic carbocycles. The van der Waals surface area contributed by atoms with Crippen LogP contribution < -0.4 is 5.32 Å². The SMILES string of the molecule is CC1CN(C)CCN1C(=O)NCCCCCCC(=O)O. The van der Waals surface area contributed by atoms with E-state index in [-0.39, 0.29) is 18.5 Å². The number of carbonyl (C=O) groups excluding carboxylic acids is 1. The summed E-state index contributed by atoms with van der Waals surface area (Å²) < 4.78 is 0. The number of unbranched alkanes of at least 4 members (excludes halogenated alkanes) is 3. The minimum atomic E-state index is -0.734. The molecule has 1 atom stereocenters. The van der Waals surface area contributed by atoms with Gasteiger partial charge >= 0.3 is 12.0 Å². The van der Waals surface area contributed by atoms with Crippen LogP contribution in [0.25, 0.3) is 0 Å². The summed E-state index contributed by atoms with van der Waals surface area (Å²) in [6, 6.07) is 0.278. The van der Waals surface area contributed by atoms with E-state index in [1.54, 1.807) is 0 Å². The number of urea groups is 1. The van der Waals surface area contributed by atoms with Gasteiger partial charge < -0.3 is 20.2 Å². The lowest BCUT2D eigenvalue weighted by atomic mass is 10.1. The van der Waals surface area contributed by atoms with Crippen LogP contribution in [0.15, 0.2) is 0 Å². The smallest absolute Gasteiger partial charge is 0.317 e. The van der Waals surface area contributed by atoms with Crippen LogP contribution in [0.4, 0.5) is 4.79 Å². The number of piperazine rings is 1. The van der Waals surface area contributed by atoms with Crippen molar-refractivity contribution in [2.45, 2.75) is 45.1 Å². The van der Waals surface area contributed by atoms with E-state index in [1.165, 1.54) is 0 Å². The monoisotopic (exact) mass is 285 g/mol. The number of hydrogen-bond acceptors (Lipinski definition) is 3. The second kappa shape index (κ2) is 8.79. The third-order valence-electron chi connectivity index (χ3n) is 3.69. The number of nitrogens with zero attached hydrogens (tertiary/aromatic N) is 2. The number of amides is 2. The van der Waals surface area contributed by atoms with Crippen molar-refractivity contribution in [2.75, 3.05) is 33.2 Å². The summed E-state index contributed by atoms with van der Waals surface area (Å²) in [6.07, 6.45) is 3.75. The summed E-state index contributed by atoms with van der Waals surface area (Å²) in [6.45, 7) is 5.36. The number of rotatable bonds is 7. The Labute approximate surface area is 121 Å². The third-order valence-corrected chi connectivity index (χ3v) is 3.69. The lowest BCUT2D eigenvalue weighted by Crippen LogP contribution is -2.55. The average Bonchev–Trinajstić information content (AvgIpc) is 2.37. The van der Waals surface area contributed by atoms with Crippen molar-refractivity contribution in [1.29, 1.82) is 0 Å². The van der Waals surface area contributed by atoms with Gasteiger partial charge in [0.2, 0.25) is 0 Å². The molecule has 1 heterocycles. The number of nitrogens with one attached hydrogen (secondary N) is 1. The van der Waals surface area contributed by atoms with Gasteiger partial charge in [-0.1, -0.05) is 12.8 Å². The second-order valence-corrected chi connectivity index (χ2v) is 5.59. The molecule has 1 saturated heterocycles. The van der Waals surface area contributed by atoms with Crippen molar-refractivity contribution in [1.82, 2.24) is 15.1 Å². The van der Waals surface area contributed by atoms with Crippen LogP contribution in [0.1, 0.15) is 39.0 Å². The first-order valence-electron chi connectivity index (χ1n) is 7.45. The summed E-state index contributed by atoms with van der Waals surface area (Å²) in [7, 11) is 2.07. The fraction of sp³-hybridized carbons (Fsp3) is 0.857. The fourth-order valence-corrected chi connectivity index (χ4v) is 2.49. The van der Waals surface area contributed by atoms with Crippen LogP contribution in [0.3, 0.4) is 0 Å². The zero-order valence-electron chi connectivity index (χ0n) is 12.6. The largest absolute Gasteiger partial charge is 0.481 e. The Morgan fingerprint density at radius 2 is 1.90 bits per heavy atom. The van der Waals surface area contributed by atoms with E-state index >= 15 is 0 Å². The van der Waals surface area contributed by atoms with Gasteiger partial charge in [-0.25, -0.2) is 4.79 Å². The van der Waals surface area contributed by atoms with E-state index in [9.17, 15) is 9.59 Å². The van der Waals surface area contributed by atoms with Crippen LogP contribution in [-0.4, -0.2) is 66.2 Å². The standard InChI is InChI=1S/C14H27N3O3/c1-12-11-16(2)9-10-17(12)14(20)15-8-6-4-3-5-7-13(18)19/h12H,3-11H2,1-2H3,(H,15,20)(H,18,19). The molecule has 116 valence electrons. The minimum Gasteiger partial charge on any atom is -0.481 e. The zero-order chi connectivity index (χ0) is 15.0. The van der Waals surface area contributed by atoms with Gasteiger partial charge in [0.05, 0.1) is 0 Å². The van der Waals surface area contributed by atoms with Crippen LogP contribution in [-0.2, 0) is 4.79 Å². The maximum absolute atomic E-state index is 12.0. The molecule has 1 unspecified atom stereocenters. The molecule has 0 aromatic heterocycles. The normalized spacial score (nSPS) is 19.9. The van der Waals surface area contributed by atoms with Gasteiger partial charge in [-0.2, -0.15) is 0 Å². The molecule has 0 radical (unpaired) electrons. The molecule has 2 N–H and O–H groups in total. The molecular formula is C14H27N3O3. The minimum absolute atomic E-state index is 0.0242. The molecule has 6 heteroatoms. The summed E-state index contributed by atoms with van der Waals surface area (Å²) in [5, 5.41) is 11.5. The van der Waals surface area contributed by atoms with Crippen LogP contribution in [0.2, 0.25) is 0 Å². The Kier molecular flexibility index (Phi) is 7.36. The predicted octanol–water partition coefficient (Wildman–Crippen LogP) is 1.37. The topological polar surface area (TPSA) is 72.9 Å². The van der Waals surface area contributed by atoms with Gasteiger partial charge in [-0.3, -0.25) is 4.79 Å². The first-order valence-corrected chi connectivity index (χ1v) is 7.45. The van der Waals surface area contributed by atoms with Crippen LogP contribution >= 0.6 is 0 Å². The first kappa shape index (κ1) is 16.8. The number of hydrogen-bond donors (Lipinski definition) is 2. The van der Waals surface area contributed by atoms with Crippen molar-refractivity contribution in [3.63, 3.8) is 0 Å². The molecular weight excluding hydrogens is 258 g/mol. The Morgan fingerprint density at radius 3 is 2.55 bits per heavy atom. The molecule has 0 aromatic carbocycles. The van der Waals surface area contributed by atoms with Crippen molar-refractivity contribution < 1.29 is 14.7 Å². The van der Waals surface area contributed by atoms with Gasteiger partial charge in [0.25, 0.3) is 0 Å². The van der Waals surface area contributed by atoms with E-state index in [4.69, 9.17) is 5.11 Å². The van der Waals surface area contributed by atoms with Crippen molar-refractivity contribution in [2.24, 2.45) is 0 Å². The van der Waals surface area contributed by atoms with Crippen molar-refractivity contribution >= 4 is 12.0 Å². The molecule has 2 amide bonds. The Hall–Kier alpha value is -1.30. The third kappa shape index (κ3) is 6.23. The summed E-state index contributed by atoms with van der Waals surface area (Å²) in [4.78, 5) is 26.5. The molecule has 20 heavy (non-hydrogen) atoms. The number of likely N-dealkylation sites (N-methyl/N-ethyl adjacent to an activating group) is 1. The van der Waals surface area contributed by atoms with E-state index in [0.29, 0.717) is 6.54 Å². The van der Waals surface area contributed by atoms with Gasteiger partial charge in [0.15, 0.2) is 0 Å². The Morgan fingerprint density at radius 1 is 1.20 bits per heavy atom. The quantitative estimate of drug-likeness (QED) is 0.693. The van der Waals surface area contributed by atoms with Crippen molar-refractivity contribution in [3.05, 3.63) is 0 Å². The lowest BCUT2D eigenvalue weighted by Gasteiger charge is -2.38. The lowest BCUT2D eigenvalue weighted by molar-refractivity contribution is -0.137. The van der Waals surface area contributed by atoms with Gasteiger partial charge in [0, 0.05) is 38.6 Å². The molecule has 1 fully saturated rings. The molecule has 1 rings (SSSR count). The molecule has 0 spiro atoms. The number of carboxylic acids is 1. The molecule has 1 aliphatic rings. The maximum Gasteiger partial charge on any atom is 0.317 e. The molecule has 6 nitrogen and oxygen atoms in total. The highest BCUT2D eigenvalue weighted by atomic mass is 16.4. The summed E-state index contributed by atoms with van der Waals surface area (Å²) >= 11 is 0. The molecule has 1 aliphatic heterocycles.